The van der Waals surface area contributed by atoms with Crippen molar-refractivity contribution >= 4 is 11.6 Å². The highest BCUT2D eigenvalue weighted by Crippen LogP contribution is 2.40. The molecule has 3 rings (SSSR count). The minimum atomic E-state index is -0.487. The molecule has 18 heavy (non-hydrogen) atoms. The van der Waals surface area contributed by atoms with Gasteiger partial charge in [0.25, 0.3) is 0 Å². The van der Waals surface area contributed by atoms with Crippen LogP contribution in [-0.4, -0.2) is 26.1 Å². The zero-order valence-corrected chi connectivity index (χ0v) is 10.4. The van der Waals surface area contributed by atoms with E-state index in [2.05, 4.69) is 20.8 Å². The Morgan fingerprint density at radius 2 is 2.11 bits per heavy atom. The Bertz CT molecular complexity index is 630. The third-order valence-electron chi connectivity index (χ3n) is 3.51. The van der Waals surface area contributed by atoms with E-state index < -0.39 is 5.41 Å². The van der Waals surface area contributed by atoms with Crippen LogP contribution in [0, 0.1) is 6.92 Å². The summed E-state index contributed by atoms with van der Waals surface area (Å²) in [6.07, 6.45) is 1.54. The van der Waals surface area contributed by atoms with Crippen LogP contribution in [0.1, 0.15) is 25.0 Å². The van der Waals surface area contributed by atoms with Crippen molar-refractivity contribution in [2.75, 3.05) is 5.32 Å². The fourth-order valence-electron chi connectivity index (χ4n) is 2.29. The lowest BCUT2D eigenvalue weighted by atomic mass is 9.85. The number of fused-ring (bicyclic) bond motifs is 1. The van der Waals surface area contributed by atoms with E-state index in [0.717, 1.165) is 22.5 Å². The van der Waals surface area contributed by atoms with Crippen LogP contribution in [0.4, 0.5) is 5.69 Å². The molecule has 0 spiro atoms. The SMILES string of the molecule is Cc1c(-n2cnnn2)ccc2c1NC(=O)C2(C)C. The molecule has 1 aliphatic rings. The van der Waals surface area contributed by atoms with Gasteiger partial charge in [0, 0.05) is 0 Å². The van der Waals surface area contributed by atoms with Gasteiger partial charge in [-0.2, -0.15) is 0 Å². The number of carbonyl (C=O) groups excluding carboxylic acids is 1. The lowest BCUT2D eigenvalue weighted by molar-refractivity contribution is -0.119. The molecule has 0 aliphatic carbocycles. The first-order chi connectivity index (χ1) is 8.51. The number of hydrogen-bond donors (Lipinski definition) is 1. The van der Waals surface area contributed by atoms with Gasteiger partial charge in [-0.25, -0.2) is 4.68 Å². The Labute approximate surface area is 104 Å². The van der Waals surface area contributed by atoms with Gasteiger partial charge in [0.1, 0.15) is 6.33 Å². The van der Waals surface area contributed by atoms with Crippen LogP contribution in [0.2, 0.25) is 0 Å². The highest BCUT2D eigenvalue weighted by molar-refractivity contribution is 6.06. The van der Waals surface area contributed by atoms with Gasteiger partial charge in [0.2, 0.25) is 5.91 Å². The summed E-state index contributed by atoms with van der Waals surface area (Å²) in [6.45, 7) is 5.80. The summed E-state index contributed by atoms with van der Waals surface area (Å²) in [6, 6.07) is 3.89. The van der Waals surface area contributed by atoms with Crippen molar-refractivity contribution in [1.29, 1.82) is 0 Å². The van der Waals surface area contributed by atoms with E-state index in [1.54, 1.807) is 4.68 Å². The first-order valence-electron chi connectivity index (χ1n) is 5.70. The fraction of sp³-hybridized carbons (Fsp3) is 0.333. The molecule has 1 aliphatic heterocycles. The molecule has 0 atom stereocenters. The highest BCUT2D eigenvalue weighted by Gasteiger charge is 2.39. The van der Waals surface area contributed by atoms with Crippen molar-refractivity contribution in [2.24, 2.45) is 0 Å². The number of tetrazole rings is 1. The van der Waals surface area contributed by atoms with Crippen molar-refractivity contribution in [1.82, 2.24) is 20.2 Å². The average Bonchev–Trinajstić information content (AvgIpc) is 2.90. The number of nitrogens with one attached hydrogen (secondary N) is 1. The number of hydrogen-bond acceptors (Lipinski definition) is 4. The minimum absolute atomic E-state index is 0.0227. The molecule has 0 saturated carbocycles. The summed E-state index contributed by atoms with van der Waals surface area (Å²) < 4.78 is 1.59. The molecule has 0 saturated heterocycles. The fourth-order valence-corrected chi connectivity index (χ4v) is 2.29. The zero-order chi connectivity index (χ0) is 12.9. The predicted octanol–water partition coefficient (Wildman–Crippen LogP) is 1.20. The van der Waals surface area contributed by atoms with Gasteiger partial charge in [0.15, 0.2) is 0 Å². The van der Waals surface area contributed by atoms with Crippen LogP contribution in [0.25, 0.3) is 5.69 Å². The third kappa shape index (κ3) is 1.28. The molecule has 1 amide bonds. The Morgan fingerprint density at radius 3 is 2.78 bits per heavy atom. The smallest absolute Gasteiger partial charge is 0.234 e. The number of benzene rings is 1. The summed E-state index contributed by atoms with van der Waals surface area (Å²) in [5, 5.41) is 14.1. The summed E-state index contributed by atoms with van der Waals surface area (Å²) in [4.78, 5) is 11.9. The Hall–Kier alpha value is -2.24. The molecule has 2 aromatic rings. The van der Waals surface area contributed by atoms with Gasteiger partial charge in [-0.05, 0) is 48.4 Å². The van der Waals surface area contributed by atoms with Crippen molar-refractivity contribution in [3.8, 4) is 5.69 Å². The number of carbonyl (C=O) groups is 1. The largest absolute Gasteiger partial charge is 0.325 e. The molecule has 0 radical (unpaired) electrons. The molecule has 92 valence electrons. The van der Waals surface area contributed by atoms with Crippen molar-refractivity contribution in [2.45, 2.75) is 26.2 Å². The maximum absolute atomic E-state index is 11.9. The van der Waals surface area contributed by atoms with E-state index in [1.165, 1.54) is 6.33 Å². The second-order valence-corrected chi connectivity index (χ2v) is 4.97. The normalized spacial score (nSPS) is 16.5. The topological polar surface area (TPSA) is 72.7 Å². The number of nitrogens with zero attached hydrogens (tertiary/aromatic N) is 4. The first kappa shape index (κ1) is 10.9. The zero-order valence-electron chi connectivity index (χ0n) is 10.4. The van der Waals surface area contributed by atoms with Gasteiger partial charge < -0.3 is 5.32 Å². The molecule has 0 unspecified atom stereocenters. The van der Waals surface area contributed by atoms with Gasteiger partial charge in [-0.3, -0.25) is 4.79 Å². The van der Waals surface area contributed by atoms with Gasteiger partial charge in [0.05, 0.1) is 16.8 Å². The molecule has 2 heterocycles. The maximum Gasteiger partial charge on any atom is 0.234 e. The monoisotopic (exact) mass is 243 g/mol. The van der Waals surface area contributed by atoms with Crippen molar-refractivity contribution in [3.05, 3.63) is 29.6 Å². The van der Waals surface area contributed by atoms with Crippen molar-refractivity contribution < 1.29 is 4.79 Å². The lowest BCUT2D eigenvalue weighted by Crippen LogP contribution is -2.26. The Balaban J connectivity index is 2.21. The summed E-state index contributed by atoms with van der Waals surface area (Å²) >= 11 is 0. The lowest BCUT2D eigenvalue weighted by Gasteiger charge is -2.16. The van der Waals surface area contributed by atoms with Crippen LogP contribution in [-0.2, 0) is 10.2 Å². The van der Waals surface area contributed by atoms with Crippen molar-refractivity contribution in [3.63, 3.8) is 0 Å². The maximum atomic E-state index is 11.9. The van der Waals surface area contributed by atoms with Gasteiger partial charge >= 0.3 is 0 Å². The molecule has 6 heteroatoms. The highest BCUT2D eigenvalue weighted by atomic mass is 16.2. The molecule has 6 nitrogen and oxygen atoms in total. The van der Waals surface area contributed by atoms with E-state index in [4.69, 9.17) is 0 Å². The van der Waals surface area contributed by atoms with Crippen LogP contribution in [0.5, 0.6) is 0 Å². The molecule has 0 fully saturated rings. The number of aromatic nitrogens is 4. The first-order valence-corrected chi connectivity index (χ1v) is 5.70. The Kier molecular flexibility index (Phi) is 2.04. The second-order valence-electron chi connectivity index (χ2n) is 4.97. The molecular formula is C12H13N5O. The Morgan fingerprint density at radius 1 is 1.33 bits per heavy atom. The van der Waals surface area contributed by atoms with Crippen LogP contribution in [0.3, 0.4) is 0 Å². The molecule has 1 aromatic carbocycles. The predicted molar refractivity (Wildman–Crippen MR) is 65.5 cm³/mol. The third-order valence-corrected chi connectivity index (χ3v) is 3.51. The van der Waals surface area contributed by atoms with E-state index in [1.807, 2.05) is 32.9 Å². The van der Waals surface area contributed by atoms with Crippen LogP contribution >= 0.6 is 0 Å². The molecular weight excluding hydrogens is 230 g/mol. The van der Waals surface area contributed by atoms with Crippen LogP contribution < -0.4 is 5.32 Å². The van der Waals surface area contributed by atoms with E-state index in [0.29, 0.717) is 0 Å². The van der Waals surface area contributed by atoms with Crippen LogP contribution in [0.15, 0.2) is 18.5 Å². The van der Waals surface area contributed by atoms with Gasteiger partial charge in [-0.15, -0.1) is 5.10 Å². The minimum Gasteiger partial charge on any atom is -0.325 e. The second kappa shape index (κ2) is 3.38. The number of amides is 1. The summed E-state index contributed by atoms with van der Waals surface area (Å²) in [7, 11) is 0. The molecule has 1 N–H and O–H groups in total. The number of rotatable bonds is 1. The van der Waals surface area contributed by atoms with Gasteiger partial charge in [-0.1, -0.05) is 6.07 Å². The van der Waals surface area contributed by atoms with E-state index in [9.17, 15) is 4.79 Å². The quantitative estimate of drug-likeness (QED) is 0.816. The average molecular weight is 243 g/mol. The standard InChI is InChI=1S/C12H13N5O/c1-7-9(17-6-13-15-16-17)5-4-8-10(7)14-11(18)12(8,2)3/h4-6H,1-3H3,(H,14,18). The number of anilines is 1. The molecule has 1 aromatic heterocycles. The summed E-state index contributed by atoms with van der Waals surface area (Å²) in [5.41, 5.74) is 3.24. The summed E-state index contributed by atoms with van der Waals surface area (Å²) in [5.74, 6) is 0.0227. The molecule has 0 bridgehead atoms. The van der Waals surface area contributed by atoms with E-state index >= 15 is 0 Å². The van der Waals surface area contributed by atoms with E-state index in [-0.39, 0.29) is 5.91 Å².